The molecule has 0 saturated heterocycles. The second kappa shape index (κ2) is 4.47. The first-order valence-corrected chi connectivity index (χ1v) is 6.43. The van der Waals surface area contributed by atoms with Crippen LogP contribution in [-0.2, 0) is 0 Å². The van der Waals surface area contributed by atoms with Crippen LogP contribution < -0.4 is 5.32 Å². The molecule has 1 N–H and O–H groups in total. The number of fused-ring (bicyclic) bond motifs is 1. The highest BCUT2D eigenvalue weighted by Gasteiger charge is 2.19. The molecule has 6 heteroatoms. The number of amides is 1. The number of benzene rings is 1. The minimum atomic E-state index is -0.478. The molecule has 2 heterocycles. The number of hydrogen-bond acceptors (Lipinski definition) is 4. The summed E-state index contributed by atoms with van der Waals surface area (Å²) in [6.45, 7) is 1.72. The Morgan fingerprint density at radius 2 is 2.32 bits per heavy atom. The number of hydrogen-bond donors (Lipinski definition) is 1. The van der Waals surface area contributed by atoms with Crippen LogP contribution >= 0.6 is 11.3 Å². The van der Waals surface area contributed by atoms with E-state index in [4.69, 9.17) is 4.42 Å². The molecular weight excluding hydrogens is 267 g/mol. The van der Waals surface area contributed by atoms with Crippen molar-refractivity contribution in [1.82, 2.24) is 4.98 Å². The number of furan rings is 1. The van der Waals surface area contributed by atoms with Crippen molar-refractivity contribution in [3.63, 3.8) is 0 Å². The van der Waals surface area contributed by atoms with Gasteiger partial charge in [0.15, 0.2) is 22.3 Å². The molecule has 0 unspecified atom stereocenters. The predicted octanol–water partition coefficient (Wildman–Crippen LogP) is 3.59. The van der Waals surface area contributed by atoms with Gasteiger partial charge in [0.2, 0.25) is 0 Å². The number of thiazole rings is 1. The molecule has 0 aliphatic rings. The van der Waals surface area contributed by atoms with E-state index in [9.17, 15) is 9.18 Å². The molecule has 0 radical (unpaired) electrons. The van der Waals surface area contributed by atoms with Gasteiger partial charge in [-0.25, -0.2) is 9.37 Å². The van der Waals surface area contributed by atoms with Crippen LogP contribution in [0.2, 0.25) is 0 Å². The third kappa shape index (κ3) is 2.00. The SMILES string of the molecule is Cc1c(C(=O)Nc2nccs2)oc2c(F)cccc12. The summed E-state index contributed by atoms with van der Waals surface area (Å²) in [7, 11) is 0. The molecule has 4 nitrogen and oxygen atoms in total. The molecule has 0 aliphatic heterocycles. The summed E-state index contributed by atoms with van der Waals surface area (Å²) in [6.07, 6.45) is 1.59. The van der Waals surface area contributed by atoms with E-state index >= 15 is 0 Å². The van der Waals surface area contributed by atoms with Gasteiger partial charge in [-0.1, -0.05) is 12.1 Å². The van der Waals surface area contributed by atoms with Crippen LogP contribution in [0.1, 0.15) is 16.1 Å². The van der Waals surface area contributed by atoms with Crippen LogP contribution in [0.4, 0.5) is 9.52 Å². The fraction of sp³-hybridized carbons (Fsp3) is 0.0769. The van der Waals surface area contributed by atoms with Gasteiger partial charge >= 0.3 is 0 Å². The molecule has 1 amide bonds. The zero-order valence-corrected chi connectivity index (χ0v) is 10.8. The van der Waals surface area contributed by atoms with Crippen LogP contribution in [-0.4, -0.2) is 10.9 Å². The summed E-state index contributed by atoms with van der Waals surface area (Å²) in [5.41, 5.74) is 0.716. The highest BCUT2D eigenvalue weighted by molar-refractivity contribution is 7.13. The number of aryl methyl sites for hydroxylation is 1. The fourth-order valence-corrected chi connectivity index (χ4v) is 2.39. The van der Waals surface area contributed by atoms with Gasteiger partial charge in [0.25, 0.3) is 5.91 Å². The smallest absolute Gasteiger partial charge is 0.293 e. The summed E-state index contributed by atoms with van der Waals surface area (Å²) in [5, 5.41) is 5.44. The minimum absolute atomic E-state index is 0.101. The highest BCUT2D eigenvalue weighted by Crippen LogP contribution is 2.27. The van der Waals surface area contributed by atoms with Crippen LogP contribution in [0.5, 0.6) is 0 Å². The summed E-state index contributed by atoms with van der Waals surface area (Å²) in [5.74, 6) is -0.799. The van der Waals surface area contributed by atoms with Crippen molar-refractivity contribution in [3.8, 4) is 0 Å². The lowest BCUT2D eigenvalue weighted by molar-refractivity contribution is 0.0997. The number of nitrogens with zero attached hydrogens (tertiary/aromatic N) is 1. The second-order valence-electron chi connectivity index (χ2n) is 3.96. The number of rotatable bonds is 2. The van der Waals surface area contributed by atoms with Crippen molar-refractivity contribution < 1.29 is 13.6 Å². The van der Waals surface area contributed by atoms with Gasteiger partial charge in [-0.2, -0.15) is 0 Å². The molecule has 2 aromatic heterocycles. The van der Waals surface area contributed by atoms with Crippen LogP contribution in [0.15, 0.2) is 34.2 Å². The highest BCUT2D eigenvalue weighted by atomic mass is 32.1. The van der Waals surface area contributed by atoms with E-state index in [-0.39, 0.29) is 11.3 Å². The Hall–Kier alpha value is -2.21. The summed E-state index contributed by atoms with van der Waals surface area (Å²) >= 11 is 1.30. The fourth-order valence-electron chi connectivity index (χ4n) is 1.86. The molecule has 19 heavy (non-hydrogen) atoms. The summed E-state index contributed by atoms with van der Waals surface area (Å²) < 4.78 is 18.9. The summed E-state index contributed by atoms with van der Waals surface area (Å²) in [4.78, 5) is 16.0. The van der Waals surface area contributed by atoms with Crippen molar-refractivity contribution in [2.24, 2.45) is 0 Å². The van der Waals surface area contributed by atoms with Crippen molar-refractivity contribution in [2.75, 3.05) is 5.32 Å². The van der Waals surface area contributed by atoms with Gasteiger partial charge in [-0.15, -0.1) is 11.3 Å². The molecule has 1 aromatic carbocycles. The Morgan fingerprint density at radius 3 is 3.00 bits per heavy atom. The number of nitrogens with one attached hydrogen (secondary N) is 1. The first-order chi connectivity index (χ1) is 9.16. The van der Waals surface area contributed by atoms with Crippen LogP contribution in [0.25, 0.3) is 11.0 Å². The van der Waals surface area contributed by atoms with Gasteiger partial charge in [-0.3, -0.25) is 10.1 Å². The van der Waals surface area contributed by atoms with Crippen molar-refractivity contribution in [2.45, 2.75) is 6.92 Å². The lowest BCUT2D eigenvalue weighted by Gasteiger charge is -1.98. The lowest BCUT2D eigenvalue weighted by Crippen LogP contribution is -2.11. The lowest BCUT2D eigenvalue weighted by atomic mass is 10.1. The van der Waals surface area contributed by atoms with Crippen molar-refractivity contribution in [1.29, 1.82) is 0 Å². The van der Waals surface area contributed by atoms with Gasteiger partial charge in [0, 0.05) is 22.5 Å². The van der Waals surface area contributed by atoms with Crippen molar-refractivity contribution >= 4 is 33.3 Å². The quantitative estimate of drug-likeness (QED) is 0.778. The molecule has 0 fully saturated rings. The number of carbonyl (C=O) groups is 1. The molecule has 0 saturated carbocycles. The number of anilines is 1. The topological polar surface area (TPSA) is 55.1 Å². The van der Waals surface area contributed by atoms with E-state index in [1.807, 2.05) is 0 Å². The standard InChI is InChI=1S/C13H9FN2O2S/c1-7-8-3-2-4-9(14)11(8)18-10(7)12(17)16-13-15-5-6-19-13/h2-6H,1H3,(H,15,16,17). The maximum Gasteiger partial charge on any atom is 0.293 e. The molecule has 3 aromatic rings. The Bertz CT molecular complexity index is 749. The Balaban J connectivity index is 2.03. The average molecular weight is 276 g/mol. The Kier molecular flexibility index (Phi) is 2.79. The summed E-state index contributed by atoms with van der Waals surface area (Å²) in [6, 6.07) is 4.61. The van der Waals surface area contributed by atoms with Gasteiger partial charge < -0.3 is 4.42 Å². The molecule has 0 atom stereocenters. The molecule has 0 aliphatic carbocycles. The number of carbonyl (C=O) groups excluding carboxylic acids is 1. The van der Waals surface area contributed by atoms with E-state index < -0.39 is 11.7 Å². The number of para-hydroxylation sites is 1. The average Bonchev–Trinajstić information content (AvgIpc) is 2.99. The maximum absolute atomic E-state index is 13.6. The molecule has 0 spiro atoms. The van der Waals surface area contributed by atoms with E-state index in [0.29, 0.717) is 16.1 Å². The zero-order valence-electron chi connectivity index (χ0n) is 9.94. The third-order valence-corrected chi connectivity index (χ3v) is 3.46. The van der Waals surface area contributed by atoms with E-state index in [0.717, 1.165) is 0 Å². The van der Waals surface area contributed by atoms with Gasteiger partial charge in [-0.05, 0) is 13.0 Å². The Labute approximate surface area is 111 Å². The van der Waals surface area contributed by atoms with Crippen molar-refractivity contribution in [3.05, 3.63) is 46.9 Å². The predicted molar refractivity (Wildman–Crippen MR) is 71.0 cm³/mol. The normalized spacial score (nSPS) is 10.8. The van der Waals surface area contributed by atoms with E-state index in [1.54, 1.807) is 30.6 Å². The largest absolute Gasteiger partial charge is 0.448 e. The zero-order chi connectivity index (χ0) is 13.4. The molecule has 96 valence electrons. The van der Waals surface area contributed by atoms with E-state index in [2.05, 4.69) is 10.3 Å². The molecular formula is C13H9FN2O2S. The first kappa shape index (κ1) is 11.9. The Morgan fingerprint density at radius 1 is 1.47 bits per heavy atom. The minimum Gasteiger partial charge on any atom is -0.448 e. The van der Waals surface area contributed by atoms with Gasteiger partial charge in [0.1, 0.15) is 0 Å². The van der Waals surface area contributed by atoms with Crippen LogP contribution in [0.3, 0.4) is 0 Å². The first-order valence-electron chi connectivity index (χ1n) is 5.55. The number of aromatic nitrogens is 1. The third-order valence-electron chi connectivity index (χ3n) is 2.77. The second-order valence-corrected chi connectivity index (χ2v) is 4.86. The maximum atomic E-state index is 13.6. The molecule has 3 rings (SSSR count). The molecule has 0 bridgehead atoms. The van der Waals surface area contributed by atoms with Crippen LogP contribution in [0, 0.1) is 12.7 Å². The number of halogens is 1. The monoisotopic (exact) mass is 276 g/mol. The van der Waals surface area contributed by atoms with Gasteiger partial charge in [0.05, 0.1) is 0 Å². The van der Waals surface area contributed by atoms with E-state index in [1.165, 1.54) is 17.4 Å².